The minimum atomic E-state index is -0.112. The SMILES string of the molecule is CCC(CC)C(Cc1cc(Br)ccc1F)NC. The lowest BCUT2D eigenvalue weighted by atomic mass is 9.89. The van der Waals surface area contributed by atoms with Gasteiger partial charge in [0.25, 0.3) is 0 Å². The van der Waals surface area contributed by atoms with Crippen molar-refractivity contribution in [2.45, 2.75) is 39.2 Å². The van der Waals surface area contributed by atoms with Crippen molar-refractivity contribution >= 4 is 15.9 Å². The van der Waals surface area contributed by atoms with E-state index in [1.54, 1.807) is 6.07 Å². The zero-order valence-corrected chi connectivity index (χ0v) is 12.3. The van der Waals surface area contributed by atoms with Crippen LogP contribution >= 0.6 is 15.9 Å². The monoisotopic (exact) mass is 301 g/mol. The quantitative estimate of drug-likeness (QED) is 0.832. The molecule has 0 aliphatic rings. The summed E-state index contributed by atoms with van der Waals surface area (Å²) in [6.45, 7) is 4.38. The third-order valence-electron chi connectivity index (χ3n) is 3.44. The van der Waals surface area contributed by atoms with Gasteiger partial charge in [-0.25, -0.2) is 4.39 Å². The summed E-state index contributed by atoms with van der Waals surface area (Å²) in [5.41, 5.74) is 0.783. The fourth-order valence-corrected chi connectivity index (χ4v) is 2.71. The summed E-state index contributed by atoms with van der Waals surface area (Å²) in [6.07, 6.45) is 2.99. The molecule has 0 aliphatic heterocycles. The van der Waals surface area contributed by atoms with E-state index in [9.17, 15) is 4.39 Å². The smallest absolute Gasteiger partial charge is 0.126 e. The Morgan fingerprint density at radius 1 is 1.29 bits per heavy atom. The lowest BCUT2D eigenvalue weighted by Crippen LogP contribution is -2.35. The van der Waals surface area contributed by atoms with Crippen LogP contribution < -0.4 is 5.32 Å². The lowest BCUT2D eigenvalue weighted by Gasteiger charge is -2.25. The molecule has 0 radical (unpaired) electrons. The van der Waals surface area contributed by atoms with Gasteiger partial charge in [0.1, 0.15) is 5.82 Å². The molecule has 1 atom stereocenters. The molecule has 0 heterocycles. The summed E-state index contributed by atoms with van der Waals surface area (Å²) in [6, 6.07) is 5.49. The van der Waals surface area contributed by atoms with Crippen molar-refractivity contribution in [2.75, 3.05) is 7.05 Å². The molecule has 1 nitrogen and oxygen atoms in total. The van der Waals surface area contributed by atoms with E-state index in [0.29, 0.717) is 12.0 Å². The van der Waals surface area contributed by atoms with E-state index >= 15 is 0 Å². The molecule has 0 aliphatic carbocycles. The molecule has 0 fully saturated rings. The molecular weight excluding hydrogens is 281 g/mol. The van der Waals surface area contributed by atoms with Crippen LogP contribution in [0.15, 0.2) is 22.7 Å². The van der Waals surface area contributed by atoms with Gasteiger partial charge in [-0.3, -0.25) is 0 Å². The molecule has 17 heavy (non-hydrogen) atoms. The first kappa shape index (κ1) is 14.7. The molecule has 1 aromatic carbocycles. The van der Waals surface area contributed by atoms with Crippen molar-refractivity contribution in [3.05, 3.63) is 34.1 Å². The normalized spacial score (nSPS) is 13.1. The first-order valence-electron chi connectivity index (χ1n) is 6.23. The Kier molecular flexibility index (Phi) is 6.14. The van der Waals surface area contributed by atoms with Gasteiger partial charge in [-0.2, -0.15) is 0 Å². The van der Waals surface area contributed by atoms with Crippen molar-refractivity contribution in [3.63, 3.8) is 0 Å². The predicted molar refractivity (Wildman–Crippen MR) is 74.7 cm³/mol. The zero-order valence-electron chi connectivity index (χ0n) is 10.8. The lowest BCUT2D eigenvalue weighted by molar-refractivity contribution is 0.346. The molecule has 0 bridgehead atoms. The molecule has 1 rings (SSSR count). The van der Waals surface area contributed by atoms with E-state index < -0.39 is 0 Å². The largest absolute Gasteiger partial charge is 0.316 e. The van der Waals surface area contributed by atoms with Crippen molar-refractivity contribution in [2.24, 2.45) is 5.92 Å². The number of likely N-dealkylation sites (N-methyl/N-ethyl adjacent to an activating group) is 1. The third kappa shape index (κ3) is 4.07. The maximum absolute atomic E-state index is 13.7. The Balaban J connectivity index is 2.83. The molecule has 0 amide bonds. The van der Waals surface area contributed by atoms with E-state index in [1.807, 2.05) is 13.1 Å². The standard InChI is InChI=1S/C14H21BrFN/c1-4-10(5-2)14(17-3)9-11-8-12(15)6-7-13(11)16/h6-8,10,14,17H,4-5,9H2,1-3H3. The van der Waals surface area contributed by atoms with E-state index in [1.165, 1.54) is 6.07 Å². The molecule has 3 heteroatoms. The van der Waals surface area contributed by atoms with Crippen molar-refractivity contribution in [1.29, 1.82) is 0 Å². The van der Waals surface area contributed by atoms with Gasteiger partial charge in [-0.1, -0.05) is 42.6 Å². The molecule has 1 unspecified atom stereocenters. The average molecular weight is 302 g/mol. The second-order valence-corrected chi connectivity index (χ2v) is 5.33. The Hall–Kier alpha value is -0.410. The summed E-state index contributed by atoms with van der Waals surface area (Å²) in [7, 11) is 1.96. The average Bonchev–Trinajstić information content (AvgIpc) is 2.33. The molecule has 0 spiro atoms. The van der Waals surface area contributed by atoms with Crippen LogP contribution in [-0.4, -0.2) is 13.1 Å². The highest BCUT2D eigenvalue weighted by atomic mass is 79.9. The second kappa shape index (κ2) is 7.12. The first-order chi connectivity index (χ1) is 8.12. The molecule has 1 N–H and O–H groups in total. The second-order valence-electron chi connectivity index (χ2n) is 4.41. The van der Waals surface area contributed by atoms with E-state index in [0.717, 1.165) is 29.3 Å². The molecule has 0 aromatic heterocycles. The highest BCUT2D eigenvalue weighted by Crippen LogP contribution is 2.21. The zero-order chi connectivity index (χ0) is 12.8. The minimum Gasteiger partial charge on any atom is -0.316 e. The van der Waals surface area contributed by atoms with Crippen LogP contribution in [0.25, 0.3) is 0 Å². The summed E-state index contributed by atoms with van der Waals surface area (Å²) in [5.74, 6) is 0.484. The minimum absolute atomic E-state index is 0.112. The molecule has 0 saturated heterocycles. The Labute approximate surface area is 112 Å². The van der Waals surface area contributed by atoms with Gasteiger partial charge in [0.05, 0.1) is 0 Å². The highest BCUT2D eigenvalue weighted by Gasteiger charge is 2.18. The number of hydrogen-bond donors (Lipinski definition) is 1. The van der Waals surface area contributed by atoms with Crippen LogP contribution in [0, 0.1) is 11.7 Å². The fourth-order valence-electron chi connectivity index (χ4n) is 2.30. The highest BCUT2D eigenvalue weighted by molar-refractivity contribution is 9.10. The maximum Gasteiger partial charge on any atom is 0.126 e. The molecule has 96 valence electrons. The summed E-state index contributed by atoms with van der Waals surface area (Å²) >= 11 is 3.39. The fraction of sp³-hybridized carbons (Fsp3) is 0.571. The number of hydrogen-bond acceptors (Lipinski definition) is 1. The van der Waals surface area contributed by atoms with Gasteiger partial charge in [0.2, 0.25) is 0 Å². The van der Waals surface area contributed by atoms with Crippen LogP contribution in [0.3, 0.4) is 0 Å². The molecular formula is C14H21BrFN. The van der Waals surface area contributed by atoms with Crippen LogP contribution in [-0.2, 0) is 6.42 Å². The summed E-state index contributed by atoms with van der Waals surface area (Å²) < 4.78 is 14.6. The van der Waals surface area contributed by atoms with Crippen LogP contribution in [0.4, 0.5) is 4.39 Å². The molecule has 0 saturated carbocycles. The summed E-state index contributed by atoms with van der Waals surface area (Å²) in [4.78, 5) is 0. The Morgan fingerprint density at radius 3 is 2.47 bits per heavy atom. The number of rotatable bonds is 6. The maximum atomic E-state index is 13.7. The van der Waals surface area contributed by atoms with E-state index in [-0.39, 0.29) is 5.82 Å². The van der Waals surface area contributed by atoms with Crippen molar-refractivity contribution in [1.82, 2.24) is 5.32 Å². The van der Waals surface area contributed by atoms with Gasteiger partial charge in [0, 0.05) is 10.5 Å². The van der Waals surface area contributed by atoms with Gasteiger partial charge in [-0.15, -0.1) is 0 Å². The van der Waals surface area contributed by atoms with Gasteiger partial charge in [0.15, 0.2) is 0 Å². The van der Waals surface area contributed by atoms with Crippen molar-refractivity contribution in [3.8, 4) is 0 Å². The third-order valence-corrected chi connectivity index (χ3v) is 3.93. The van der Waals surface area contributed by atoms with Crippen LogP contribution in [0.2, 0.25) is 0 Å². The Bertz CT molecular complexity index is 350. The number of benzene rings is 1. The predicted octanol–water partition coefficient (Wildman–Crippen LogP) is 4.15. The van der Waals surface area contributed by atoms with Crippen LogP contribution in [0.5, 0.6) is 0 Å². The van der Waals surface area contributed by atoms with Crippen molar-refractivity contribution < 1.29 is 4.39 Å². The van der Waals surface area contributed by atoms with Crippen LogP contribution in [0.1, 0.15) is 32.3 Å². The molecule has 1 aromatic rings. The van der Waals surface area contributed by atoms with E-state index in [2.05, 4.69) is 35.1 Å². The number of nitrogens with one attached hydrogen (secondary N) is 1. The summed E-state index contributed by atoms with van der Waals surface area (Å²) in [5, 5.41) is 3.32. The topological polar surface area (TPSA) is 12.0 Å². The Morgan fingerprint density at radius 2 is 1.94 bits per heavy atom. The van der Waals surface area contributed by atoms with Gasteiger partial charge in [-0.05, 0) is 43.1 Å². The van der Waals surface area contributed by atoms with Gasteiger partial charge >= 0.3 is 0 Å². The van der Waals surface area contributed by atoms with E-state index in [4.69, 9.17) is 0 Å². The first-order valence-corrected chi connectivity index (χ1v) is 7.02. The van der Waals surface area contributed by atoms with Gasteiger partial charge < -0.3 is 5.32 Å². The number of halogens is 2.